The highest BCUT2D eigenvalue weighted by atomic mass is 31.0. The Morgan fingerprint density at radius 3 is 1.00 bits per heavy atom. The maximum absolute atomic E-state index is 10.5. The van der Waals surface area contributed by atoms with Crippen LogP contribution >= 0.6 is 9.90 Å². The van der Waals surface area contributed by atoms with Crippen molar-refractivity contribution in [2.45, 2.75) is 6.08 Å². The normalized spacial score (nSPS) is 12.7. The monoisotopic (exact) mass is 172 g/mol. The zero-order valence-corrected chi connectivity index (χ0v) is 6.35. The molecule has 9 heavy (non-hydrogen) atoms. The molecule has 0 heterocycles. The third-order valence-electron chi connectivity index (χ3n) is 0.371. The minimum absolute atomic E-state index is 0. The molecule has 0 aliphatic carbocycles. The second-order valence-corrected chi connectivity index (χ2v) is 1.12. The first-order valence-corrected chi connectivity index (χ1v) is 1.51. The van der Waals surface area contributed by atoms with Crippen LogP contribution in [0.15, 0.2) is 0 Å². The highest BCUT2D eigenvalue weighted by Gasteiger charge is 2.53. The fourth-order valence-electron chi connectivity index (χ4n) is 0. The summed E-state index contributed by atoms with van der Waals surface area (Å²) in [6.07, 6.45) is -6.00. The van der Waals surface area contributed by atoms with Crippen LogP contribution in [-0.4, -0.2) is 13.1 Å². The molecule has 0 amide bonds. The van der Waals surface area contributed by atoms with Gasteiger partial charge >= 0.3 is 13.1 Å². The predicted octanol–water partition coefficient (Wildman–Crippen LogP) is 1.73. The van der Waals surface area contributed by atoms with Gasteiger partial charge in [0, 0.05) is 0 Å². The van der Waals surface area contributed by atoms with Crippen molar-refractivity contribution in [2.24, 2.45) is 0 Å². The molecule has 0 N–H and O–H groups in total. The van der Waals surface area contributed by atoms with E-state index in [1.807, 2.05) is 0 Å². The minimum atomic E-state index is -6.65. The van der Waals surface area contributed by atoms with Gasteiger partial charge in [-0.3, -0.25) is 0 Å². The van der Waals surface area contributed by atoms with Crippen molar-refractivity contribution in [1.82, 2.24) is 0 Å². The van der Waals surface area contributed by atoms with E-state index in [0.29, 0.717) is 0 Å². The summed E-state index contributed by atoms with van der Waals surface area (Å²) >= 11 is 0. The molecular formula is CH4BF6P. The van der Waals surface area contributed by atoms with E-state index >= 15 is 0 Å². The summed E-state index contributed by atoms with van der Waals surface area (Å²) < 4.78 is 62.9. The van der Waals surface area contributed by atoms with Crippen molar-refractivity contribution >= 4 is 16.9 Å². The number of hydrogen-bond donors (Lipinski definition) is 0. The van der Waals surface area contributed by atoms with Crippen LogP contribution in [0.1, 0.15) is 0 Å². The lowest BCUT2D eigenvalue weighted by Gasteiger charge is -2.16. The van der Waals surface area contributed by atoms with Gasteiger partial charge < -0.3 is 12.9 Å². The van der Waals surface area contributed by atoms with Gasteiger partial charge in [-0.15, -0.1) is 0 Å². The van der Waals surface area contributed by atoms with E-state index in [1.165, 1.54) is 0 Å². The van der Waals surface area contributed by atoms with Crippen LogP contribution in [0, 0.1) is 0 Å². The van der Waals surface area contributed by atoms with Crippen molar-refractivity contribution in [2.75, 3.05) is 0 Å². The van der Waals surface area contributed by atoms with Crippen LogP contribution in [0.4, 0.5) is 26.1 Å². The smallest absolute Gasteiger partial charge is 0.443 e. The van der Waals surface area contributed by atoms with Gasteiger partial charge in [-0.1, -0.05) is 0 Å². The fourth-order valence-corrected chi connectivity index (χ4v) is 0. The van der Waals surface area contributed by atoms with Gasteiger partial charge in [-0.05, 0) is 9.90 Å². The fraction of sp³-hybridized carbons (Fsp3) is 1.00. The Bertz CT molecular complexity index is 68.0. The molecule has 0 fully saturated rings. The van der Waals surface area contributed by atoms with E-state index < -0.39 is 13.1 Å². The highest BCUT2D eigenvalue weighted by molar-refractivity contribution is 6.92. The molecule has 0 aromatic carbocycles. The first-order chi connectivity index (χ1) is 3.25. The van der Waals surface area contributed by atoms with E-state index in [-0.39, 0.29) is 9.90 Å². The Labute approximate surface area is 50.3 Å². The highest BCUT2D eigenvalue weighted by Crippen LogP contribution is 2.31. The summed E-state index contributed by atoms with van der Waals surface area (Å²) in [5, 5.41) is 0. The quantitative estimate of drug-likeness (QED) is 0.296. The summed E-state index contributed by atoms with van der Waals surface area (Å²) in [6, 6.07) is 0. The summed E-state index contributed by atoms with van der Waals surface area (Å²) in [5.41, 5.74) is 0. The van der Waals surface area contributed by atoms with Gasteiger partial charge in [0.05, 0.1) is 0 Å². The molecule has 1 unspecified atom stereocenters. The Hall–Kier alpha value is 0.0749. The zero-order valence-electron chi connectivity index (χ0n) is 4.35. The van der Waals surface area contributed by atoms with Crippen molar-refractivity contribution in [1.29, 1.82) is 0 Å². The molecule has 8 heteroatoms. The Morgan fingerprint density at radius 1 is 0.889 bits per heavy atom. The molecule has 0 rings (SSSR count). The number of alkyl halides is 3. The molecule has 0 aliphatic heterocycles. The van der Waals surface area contributed by atoms with Gasteiger partial charge in [-0.2, -0.15) is 0 Å². The van der Waals surface area contributed by atoms with E-state index in [2.05, 4.69) is 0 Å². The molecule has 0 nitrogen and oxygen atoms in total. The van der Waals surface area contributed by atoms with Crippen LogP contribution in [0.2, 0.25) is 0 Å². The van der Waals surface area contributed by atoms with Gasteiger partial charge in [-0.25, -0.2) is 13.2 Å². The molecule has 0 spiro atoms. The predicted molar refractivity (Wildman–Crippen MR) is 27.6 cm³/mol. The van der Waals surface area contributed by atoms with E-state index in [0.717, 1.165) is 0 Å². The largest absolute Gasteiger partial charge is 0.583 e. The number of hydrogen-bond acceptors (Lipinski definition) is 0. The molecule has 1 atom stereocenters. The molecule has 0 bridgehead atoms. The topological polar surface area (TPSA) is 0 Å². The summed E-state index contributed by atoms with van der Waals surface area (Å²) in [5.74, 6) is 0. The van der Waals surface area contributed by atoms with Crippen molar-refractivity contribution in [3.05, 3.63) is 0 Å². The average Bonchev–Trinajstić information content (AvgIpc) is 1.25. The SMILES string of the molecule is F[B-](F)(F)C(F)(F)F.[PH4+]. The standard InChI is InChI=1S/CBF6.H3P/c3-1(4,5)2(6,7)8;/h;1H3/q-1;/p+1. The second kappa shape index (κ2) is 2.77. The van der Waals surface area contributed by atoms with Crippen LogP contribution < -0.4 is 0 Å². The van der Waals surface area contributed by atoms with Crippen LogP contribution in [-0.2, 0) is 0 Å². The first-order valence-electron chi connectivity index (χ1n) is 1.51. The lowest BCUT2D eigenvalue weighted by atomic mass is 9.92. The zero-order chi connectivity index (χ0) is 7.00. The Kier molecular flexibility index (Phi) is 3.64. The van der Waals surface area contributed by atoms with Crippen LogP contribution in [0.3, 0.4) is 0 Å². The Morgan fingerprint density at radius 2 is 1.00 bits per heavy atom. The average molecular weight is 172 g/mol. The van der Waals surface area contributed by atoms with E-state index in [4.69, 9.17) is 0 Å². The first kappa shape index (κ1) is 11.8. The van der Waals surface area contributed by atoms with Gasteiger partial charge in [0.1, 0.15) is 0 Å². The van der Waals surface area contributed by atoms with Gasteiger partial charge in [0.2, 0.25) is 0 Å². The molecule has 0 saturated heterocycles. The van der Waals surface area contributed by atoms with Gasteiger partial charge in [0.25, 0.3) is 0 Å². The summed E-state index contributed by atoms with van der Waals surface area (Å²) in [7, 11) is 0. The van der Waals surface area contributed by atoms with Gasteiger partial charge in [0.15, 0.2) is 0 Å². The Balaban J connectivity index is 0. The molecule has 0 radical (unpaired) electrons. The number of rotatable bonds is 0. The lowest BCUT2D eigenvalue weighted by molar-refractivity contribution is -0.0837. The maximum Gasteiger partial charge on any atom is 0.583 e. The molecule has 0 aromatic heterocycles. The summed E-state index contributed by atoms with van der Waals surface area (Å²) in [4.78, 5) is 0. The van der Waals surface area contributed by atoms with Crippen molar-refractivity contribution in [3.8, 4) is 0 Å². The number of halogens is 6. The molecular weight excluding hydrogens is 168 g/mol. The van der Waals surface area contributed by atoms with Crippen molar-refractivity contribution in [3.63, 3.8) is 0 Å². The molecule has 0 aromatic rings. The molecule has 0 aliphatic rings. The van der Waals surface area contributed by atoms with Crippen molar-refractivity contribution < 1.29 is 26.1 Å². The van der Waals surface area contributed by atoms with E-state index in [1.54, 1.807) is 0 Å². The van der Waals surface area contributed by atoms with Crippen LogP contribution in [0.5, 0.6) is 0 Å². The van der Waals surface area contributed by atoms with E-state index in [9.17, 15) is 26.1 Å². The third-order valence-corrected chi connectivity index (χ3v) is 0.371. The maximum atomic E-state index is 10.5. The van der Waals surface area contributed by atoms with Crippen LogP contribution in [0.25, 0.3) is 0 Å². The molecule has 58 valence electrons. The second-order valence-electron chi connectivity index (χ2n) is 1.12. The lowest BCUT2D eigenvalue weighted by Crippen LogP contribution is -2.37. The molecule has 0 saturated carbocycles. The minimum Gasteiger partial charge on any atom is -0.443 e. The third kappa shape index (κ3) is 3.62. The summed E-state index contributed by atoms with van der Waals surface area (Å²) in [6.45, 7) is -6.65.